The van der Waals surface area contributed by atoms with Crippen LogP contribution < -0.4 is 10.6 Å². The average Bonchev–Trinajstić information content (AvgIpc) is 2.87. The zero-order valence-electron chi connectivity index (χ0n) is 20.9. The van der Waals surface area contributed by atoms with Crippen LogP contribution >= 0.6 is 0 Å². The van der Waals surface area contributed by atoms with Crippen molar-refractivity contribution in [2.75, 3.05) is 7.05 Å². The number of Topliss-reactive ketones (excluding diaryl/α,β-unsaturated/α-hetero) is 1. The number of carbonyl (C=O) groups excluding carboxylic acids is 2. The van der Waals surface area contributed by atoms with Crippen LogP contribution in [0.2, 0.25) is 0 Å². The van der Waals surface area contributed by atoms with Gasteiger partial charge in [0, 0.05) is 23.9 Å². The Labute approximate surface area is 203 Å². The molecule has 0 spiro atoms. The molecule has 6 nitrogen and oxygen atoms in total. The summed E-state index contributed by atoms with van der Waals surface area (Å²) in [6.07, 6.45) is 9.25. The van der Waals surface area contributed by atoms with Crippen LogP contribution in [0.1, 0.15) is 69.4 Å². The van der Waals surface area contributed by atoms with Crippen LogP contribution in [0.5, 0.6) is 0 Å². The lowest BCUT2D eigenvalue weighted by Crippen LogP contribution is -2.53. The van der Waals surface area contributed by atoms with E-state index < -0.39 is 12.1 Å². The molecule has 0 aliphatic heterocycles. The fourth-order valence-corrected chi connectivity index (χ4v) is 4.77. The van der Waals surface area contributed by atoms with Gasteiger partial charge in [-0.05, 0) is 63.3 Å². The third-order valence-electron chi connectivity index (χ3n) is 7.10. The van der Waals surface area contributed by atoms with Crippen molar-refractivity contribution in [2.45, 2.75) is 77.3 Å². The second kappa shape index (κ2) is 12.0. The Balaban J connectivity index is 1.86. The minimum Gasteiger partial charge on any atom is -0.344 e. The Morgan fingerprint density at radius 3 is 2.38 bits per heavy atom. The van der Waals surface area contributed by atoms with E-state index in [1.807, 2.05) is 19.2 Å². The molecule has 6 heteroatoms. The first-order valence-corrected chi connectivity index (χ1v) is 12.5. The highest BCUT2D eigenvalue weighted by molar-refractivity contribution is 6.42. The number of hydrogen-bond acceptors (Lipinski definition) is 5. The first-order chi connectivity index (χ1) is 16.3. The van der Waals surface area contributed by atoms with Gasteiger partial charge < -0.3 is 16.0 Å². The Morgan fingerprint density at radius 1 is 1.09 bits per heavy atom. The Hall–Kier alpha value is -2.86. The maximum Gasteiger partial charge on any atom is 0.237 e. The molecule has 1 aliphatic rings. The molecule has 1 fully saturated rings. The van der Waals surface area contributed by atoms with Crippen LogP contribution in [0.3, 0.4) is 0 Å². The number of aryl methyl sites for hydroxylation is 1. The Morgan fingerprint density at radius 2 is 1.76 bits per heavy atom. The summed E-state index contributed by atoms with van der Waals surface area (Å²) in [7, 11) is 1.73. The molecule has 0 radical (unpaired) electrons. The SMILES string of the molecule is CCC(C(=N)C(=O)C(NC(=O)C(C)NC)C1CCCCC1)c1cncc(-c2ccc(C)cc2)c1. The lowest BCUT2D eigenvalue weighted by molar-refractivity contribution is -0.127. The predicted molar refractivity (Wildman–Crippen MR) is 137 cm³/mol. The van der Waals surface area contributed by atoms with Crippen molar-refractivity contribution in [3.8, 4) is 11.1 Å². The van der Waals surface area contributed by atoms with E-state index in [0.29, 0.717) is 6.42 Å². The normalized spacial score (nSPS) is 16.9. The van der Waals surface area contributed by atoms with Crippen LogP contribution in [0.25, 0.3) is 11.1 Å². The van der Waals surface area contributed by atoms with Crippen molar-refractivity contribution in [3.63, 3.8) is 0 Å². The van der Waals surface area contributed by atoms with Gasteiger partial charge in [0.25, 0.3) is 0 Å². The van der Waals surface area contributed by atoms with Crippen molar-refractivity contribution in [1.29, 1.82) is 5.41 Å². The maximum atomic E-state index is 13.7. The first-order valence-electron chi connectivity index (χ1n) is 12.5. The zero-order valence-corrected chi connectivity index (χ0v) is 20.9. The molecule has 1 heterocycles. The predicted octanol–water partition coefficient (Wildman–Crippen LogP) is 4.81. The van der Waals surface area contributed by atoms with E-state index in [1.165, 1.54) is 5.56 Å². The molecule has 3 rings (SSSR count). The summed E-state index contributed by atoms with van der Waals surface area (Å²) in [4.78, 5) is 30.8. The Bertz CT molecular complexity index is 996. The monoisotopic (exact) mass is 462 g/mol. The minimum atomic E-state index is -0.654. The van der Waals surface area contributed by atoms with E-state index in [0.717, 1.165) is 48.8 Å². The van der Waals surface area contributed by atoms with Gasteiger partial charge in [0.15, 0.2) is 5.78 Å². The van der Waals surface area contributed by atoms with Crippen LogP contribution in [0.4, 0.5) is 0 Å². The third-order valence-corrected chi connectivity index (χ3v) is 7.10. The van der Waals surface area contributed by atoms with Gasteiger partial charge in [-0.3, -0.25) is 14.6 Å². The van der Waals surface area contributed by atoms with Crippen LogP contribution in [0.15, 0.2) is 42.7 Å². The second-order valence-corrected chi connectivity index (χ2v) is 9.51. The van der Waals surface area contributed by atoms with Gasteiger partial charge in [-0.1, -0.05) is 56.0 Å². The van der Waals surface area contributed by atoms with Gasteiger partial charge in [-0.15, -0.1) is 0 Å². The number of hydrogen-bond donors (Lipinski definition) is 3. The average molecular weight is 463 g/mol. The first kappa shape index (κ1) is 25.8. The van der Waals surface area contributed by atoms with E-state index in [-0.39, 0.29) is 29.2 Å². The van der Waals surface area contributed by atoms with Crippen LogP contribution in [-0.2, 0) is 9.59 Å². The molecule has 1 amide bonds. The molecule has 182 valence electrons. The van der Waals surface area contributed by atoms with E-state index in [4.69, 9.17) is 5.41 Å². The molecule has 3 N–H and O–H groups in total. The zero-order chi connectivity index (χ0) is 24.7. The number of amides is 1. The summed E-state index contributed by atoms with van der Waals surface area (Å²) in [5.74, 6) is -0.759. The summed E-state index contributed by atoms with van der Waals surface area (Å²) in [6, 6.07) is 9.23. The van der Waals surface area contributed by atoms with Gasteiger partial charge in [0.05, 0.1) is 17.8 Å². The molecule has 1 aliphatic carbocycles. The molecule has 0 bridgehead atoms. The van der Waals surface area contributed by atoms with E-state index >= 15 is 0 Å². The minimum absolute atomic E-state index is 0.0540. The second-order valence-electron chi connectivity index (χ2n) is 9.51. The fourth-order valence-electron chi connectivity index (χ4n) is 4.77. The lowest BCUT2D eigenvalue weighted by atomic mass is 9.78. The maximum absolute atomic E-state index is 13.7. The number of ketones is 1. The molecular weight excluding hydrogens is 424 g/mol. The molecule has 0 saturated heterocycles. The van der Waals surface area contributed by atoms with Crippen LogP contribution in [0, 0.1) is 18.3 Å². The molecule has 3 unspecified atom stereocenters. The van der Waals surface area contributed by atoms with Gasteiger partial charge in [-0.2, -0.15) is 0 Å². The number of benzene rings is 1. The number of carbonyl (C=O) groups is 2. The topological polar surface area (TPSA) is 94.9 Å². The largest absolute Gasteiger partial charge is 0.344 e. The van der Waals surface area contributed by atoms with Crippen molar-refractivity contribution in [1.82, 2.24) is 15.6 Å². The summed E-state index contributed by atoms with van der Waals surface area (Å²) >= 11 is 0. The standard InChI is InChI=1S/C28H38N4O2/c1-5-24(23-15-22(16-31-17-23)20-13-11-18(2)12-14-20)25(29)27(33)26(21-9-7-6-8-10-21)32-28(34)19(3)30-4/h11-17,19,21,24,26,29-30H,5-10H2,1-4H3,(H,32,34). The highest BCUT2D eigenvalue weighted by atomic mass is 16.2. The van der Waals surface area contributed by atoms with Gasteiger partial charge in [-0.25, -0.2) is 0 Å². The number of pyridine rings is 1. The highest BCUT2D eigenvalue weighted by Crippen LogP contribution is 2.30. The van der Waals surface area contributed by atoms with E-state index in [1.54, 1.807) is 20.2 Å². The number of nitrogens with one attached hydrogen (secondary N) is 3. The molecular formula is C28H38N4O2. The van der Waals surface area contributed by atoms with Crippen molar-refractivity contribution < 1.29 is 9.59 Å². The number of likely N-dealkylation sites (N-methyl/N-ethyl adjacent to an activating group) is 1. The number of nitrogens with zero attached hydrogens (tertiary/aromatic N) is 1. The van der Waals surface area contributed by atoms with Gasteiger partial charge in [0.2, 0.25) is 5.91 Å². The third kappa shape index (κ3) is 6.17. The molecule has 3 atom stereocenters. The molecule has 1 aromatic carbocycles. The Kier molecular flexibility index (Phi) is 9.11. The smallest absolute Gasteiger partial charge is 0.237 e. The van der Waals surface area contributed by atoms with Crippen molar-refractivity contribution in [3.05, 3.63) is 53.9 Å². The van der Waals surface area contributed by atoms with Crippen LogP contribution in [-0.4, -0.2) is 41.5 Å². The fraction of sp³-hybridized carbons (Fsp3) is 0.500. The lowest BCUT2D eigenvalue weighted by Gasteiger charge is -2.32. The summed E-state index contributed by atoms with van der Waals surface area (Å²) in [6.45, 7) is 5.82. The van der Waals surface area contributed by atoms with E-state index in [9.17, 15) is 9.59 Å². The van der Waals surface area contributed by atoms with Gasteiger partial charge >= 0.3 is 0 Å². The summed E-state index contributed by atoms with van der Waals surface area (Å²) in [5, 5.41) is 14.8. The number of rotatable bonds is 10. The van der Waals surface area contributed by atoms with Gasteiger partial charge in [0.1, 0.15) is 0 Å². The molecule has 2 aromatic rings. The molecule has 1 saturated carbocycles. The molecule has 1 aromatic heterocycles. The highest BCUT2D eigenvalue weighted by Gasteiger charge is 2.36. The quantitative estimate of drug-likeness (QED) is 0.442. The van der Waals surface area contributed by atoms with E-state index in [2.05, 4.69) is 46.8 Å². The molecule has 34 heavy (non-hydrogen) atoms. The summed E-state index contributed by atoms with van der Waals surface area (Å²) < 4.78 is 0. The summed E-state index contributed by atoms with van der Waals surface area (Å²) in [5.41, 5.74) is 4.13. The number of aromatic nitrogens is 1. The van der Waals surface area contributed by atoms with Crippen molar-refractivity contribution >= 4 is 17.4 Å². The van der Waals surface area contributed by atoms with Crippen molar-refractivity contribution in [2.24, 2.45) is 5.92 Å².